The molecule has 2 rings (SSSR count). The van der Waals surface area contributed by atoms with E-state index in [4.69, 9.17) is 4.74 Å². The van der Waals surface area contributed by atoms with Crippen molar-refractivity contribution in [1.29, 1.82) is 0 Å². The molecular formula is C18H20FNO2. The van der Waals surface area contributed by atoms with Crippen LogP contribution in [0, 0.1) is 12.7 Å². The number of aryl methyl sites for hydroxylation is 1. The van der Waals surface area contributed by atoms with Crippen LogP contribution >= 0.6 is 0 Å². The van der Waals surface area contributed by atoms with Crippen LogP contribution in [0.5, 0.6) is 5.75 Å². The van der Waals surface area contributed by atoms with Crippen LogP contribution in [0.3, 0.4) is 0 Å². The van der Waals surface area contributed by atoms with Gasteiger partial charge in [0, 0.05) is 0 Å². The maximum atomic E-state index is 13.5. The molecule has 22 heavy (non-hydrogen) atoms. The van der Waals surface area contributed by atoms with E-state index in [1.165, 1.54) is 11.6 Å². The zero-order chi connectivity index (χ0) is 15.9. The van der Waals surface area contributed by atoms with Gasteiger partial charge in [-0.25, -0.2) is 4.39 Å². The molecule has 0 heterocycles. The van der Waals surface area contributed by atoms with Gasteiger partial charge >= 0.3 is 0 Å². The molecule has 0 fully saturated rings. The summed E-state index contributed by atoms with van der Waals surface area (Å²) >= 11 is 0. The van der Waals surface area contributed by atoms with Gasteiger partial charge in [0.15, 0.2) is 0 Å². The van der Waals surface area contributed by atoms with Crippen molar-refractivity contribution in [3.05, 3.63) is 65.5 Å². The van der Waals surface area contributed by atoms with Crippen LogP contribution in [-0.4, -0.2) is 18.6 Å². The molecule has 2 aromatic rings. The molecule has 1 N–H and O–H groups in total. The molecule has 0 aliphatic carbocycles. The number of benzene rings is 2. The van der Waals surface area contributed by atoms with Gasteiger partial charge in [0.25, 0.3) is 0 Å². The molecule has 0 spiro atoms. The van der Waals surface area contributed by atoms with Crippen LogP contribution in [0.1, 0.15) is 18.1 Å². The minimum absolute atomic E-state index is 0.0293. The zero-order valence-electron chi connectivity index (χ0n) is 12.8. The lowest BCUT2D eigenvalue weighted by molar-refractivity contribution is -0.121. The monoisotopic (exact) mass is 301 g/mol. The number of ether oxygens (including phenoxy) is 1. The van der Waals surface area contributed by atoms with Crippen molar-refractivity contribution < 1.29 is 13.9 Å². The summed E-state index contributed by atoms with van der Waals surface area (Å²) in [7, 11) is 0. The van der Waals surface area contributed by atoms with Crippen LogP contribution in [0.2, 0.25) is 0 Å². The van der Waals surface area contributed by atoms with E-state index in [0.29, 0.717) is 12.2 Å². The molecule has 1 unspecified atom stereocenters. The molecule has 4 heteroatoms. The molecule has 0 aliphatic rings. The first-order valence-corrected chi connectivity index (χ1v) is 7.27. The molecule has 3 nitrogen and oxygen atoms in total. The van der Waals surface area contributed by atoms with Gasteiger partial charge in [0.1, 0.15) is 18.2 Å². The fourth-order valence-electron chi connectivity index (χ4n) is 2.04. The van der Waals surface area contributed by atoms with E-state index < -0.39 is 0 Å². The van der Waals surface area contributed by atoms with Crippen LogP contribution in [-0.2, 0) is 11.2 Å². The first-order chi connectivity index (χ1) is 10.5. The molecule has 1 amide bonds. The van der Waals surface area contributed by atoms with Gasteiger partial charge in [-0.1, -0.05) is 35.9 Å². The van der Waals surface area contributed by atoms with Crippen LogP contribution in [0.15, 0.2) is 48.5 Å². The fraction of sp³-hybridized carbons (Fsp3) is 0.278. The second-order valence-electron chi connectivity index (χ2n) is 5.36. The van der Waals surface area contributed by atoms with Crippen LogP contribution in [0.25, 0.3) is 0 Å². The van der Waals surface area contributed by atoms with Gasteiger partial charge in [-0.05, 0) is 37.6 Å². The first-order valence-electron chi connectivity index (χ1n) is 7.27. The van der Waals surface area contributed by atoms with Crippen molar-refractivity contribution in [2.45, 2.75) is 26.3 Å². The molecule has 0 saturated heterocycles. The van der Waals surface area contributed by atoms with E-state index >= 15 is 0 Å². The first kappa shape index (κ1) is 16.0. The minimum Gasteiger partial charge on any atom is -0.491 e. The Labute approximate surface area is 130 Å². The van der Waals surface area contributed by atoms with Gasteiger partial charge in [-0.15, -0.1) is 0 Å². The molecule has 0 aromatic heterocycles. The van der Waals surface area contributed by atoms with E-state index in [1.54, 1.807) is 18.2 Å². The fourth-order valence-corrected chi connectivity index (χ4v) is 2.04. The summed E-state index contributed by atoms with van der Waals surface area (Å²) in [6, 6.07) is 13.9. The Balaban J connectivity index is 1.79. The Morgan fingerprint density at radius 2 is 1.86 bits per heavy atom. The third-order valence-corrected chi connectivity index (χ3v) is 3.24. The van der Waals surface area contributed by atoms with Crippen LogP contribution in [0.4, 0.5) is 4.39 Å². The van der Waals surface area contributed by atoms with Crippen molar-refractivity contribution in [3.8, 4) is 5.75 Å². The standard InChI is InChI=1S/C18H20FNO2/c1-13-7-9-16(10-8-13)22-12-14(2)20-18(21)11-15-5-3-4-6-17(15)19/h3-10,14H,11-12H2,1-2H3,(H,20,21). The number of carbonyl (C=O) groups is 1. The van der Waals surface area contributed by atoms with E-state index in [0.717, 1.165) is 5.75 Å². The highest BCUT2D eigenvalue weighted by atomic mass is 19.1. The maximum absolute atomic E-state index is 13.5. The van der Waals surface area contributed by atoms with Gasteiger partial charge < -0.3 is 10.1 Å². The lowest BCUT2D eigenvalue weighted by Gasteiger charge is -2.15. The van der Waals surface area contributed by atoms with Gasteiger partial charge in [-0.3, -0.25) is 4.79 Å². The van der Waals surface area contributed by atoms with E-state index in [-0.39, 0.29) is 24.2 Å². The van der Waals surface area contributed by atoms with Crippen molar-refractivity contribution in [2.75, 3.05) is 6.61 Å². The number of halogens is 1. The van der Waals surface area contributed by atoms with Gasteiger partial charge in [-0.2, -0.15) is 0 Å². The molecule has 116 valence electrons. The highest BCUT2D eigenvalue weighted by Crippen LogP contribution is 2.11. The lowest BCUT2D eigenvalue weighted by atomic mass is 10.1. The Hall–Kier alpha value is -2.36. The molecule has 0 bridgehead atoms. The number of rotatable bonds is 6. The Bertz CT molecular complexity index is 625. The number of hydrogen-bond donors (Lipinski definition) is 1. The zero-order valence-corrected chi connectivity index (χ0v) is 12.8. The highest BCUT2D eigenvalue weighted by Gasteiger charge is 2.11. The van der Waals surface area contributed by atoms with E-state index in [1.807, 2.05) is 38.1 Å². The summed E-state index contributed by atoms with van der Waals surface area (Å²) in [4.78, 5) is 11.9. The van der Waals surface area contributed by atoms with Crippen LogP contribution < -0.4 is 10.1 Å². The van der Waals surface area contributed by atoms with Crippen molar-refractivity contribution >= 4 is 5.91 Å². The smallest absolute Gasteiger partial charge is 0.224 e. The molecule has 0 saturated carbocycles. The third-order valence-electron chi connectivity index (χ3n) is 3.24. The normalized spacial score (nSPS) is 11.8. The Kier molecular flexibility index (Phi) is 5.53. The largest absolute Gasteiger partial charge is 0.491 e. The van der Waals surface area contributed by atoms with Crippen molar-refractivity contribution in [1.82, 2.24) is 5.32 Å². The Morgan fingerprint density at radius 1 is 1.18 bits per heavy atom. The average molecular weight is 301 g/mol. The average Bonchev–Trinajstić information content (AvgIpc) is 2.49. The predicted octanol–water partition coefficient (Wildman–Crippen LogP) is 3.26. The number of amides is 1. The number of carbonyl (C=O) groups excluding carboxylic acids is 1. The minimum atomic E-state index is -0.360. The third kappa shape index (κ3) is 4.88. The van der Waals surface area contributed by atoms with Gasteiger partial charge in [0.05, 0.1) is 12.5 Å². The predicted molar refractivity (Wildman–Crippen MR) is 84.4 cm³/mol. The van der Waals surface area contributed by atoms with Gasteiger partial charge in [0.2, 0.25) is 5.91 Å². The summed E-state index contributed by atoms with van der Waals surface area (Å²) in [5, 5.41) is 2.81. The van der Waals surface area contributed by atoms with Crippen molar-refractivity contribution in [3.63, 3.8) is 0 Å². The molecular weight excluding hydrogens is 281 g/mol. The SMILES string of the molecule is Cc1ccc(OCC(C)NC(=O)Cc2ccccc2F)cc1. The van der Waals surface area contributed by atoms with E-state index in [2.05, 4.69) is 5.32 Å². The Morgan fingerprint density at radius 3 is 2.55 bits per heavy atom. The topological polar surface area (TPSA) is 38.3 Å². The second kappa shape index (κ2) is 7.59. The quantitative estimate of drug-likeness (QED) is 0.889. The summed E-state index contributed by atoms with van der Waals surface area (Å²) in [5.41, 5.74) is 1.56. The summed E-state index contributed by atoms with van der Waals surface area (Å²) in [6.45, 7) is 4.23. The summed E-state index contributed by atoms with van der Waals surface area (Å²) in [6.07, 6.45) is 0.0293. The highest BCUT2D eigenvalue weighted by molar-refractivity contribution is 5.78. The molecule has 1 atom stereocenters. The molecule has 0 aliphatic heterocycles. The number of nitrogens with one attached hydrogen (secondary N) is 1. The van der Waals surface area contributed by atoms with Crippen molar-refractivity contribution in [2.24, 2.45) is 0 Å². The molecule has 0 radical (unpaired) electrons. The van der Waals surface area contributed by atoms with E-state index in [9.17, 15) is 9.18 Å². The summed E-state index contributed by atoms with van der Waals surface area (Å²) in [5.74, 6) is 0.187. The second-order valence-corrected chi connectivity index (χ2v) is 5.36. The molecule has 2 aromatic carbocycles. The summed E-state index contributed by atoms with van der Waals surface area (Å²) < 4.78 is 19.1. The number of hydrogen-bond acceptors (Lipinski definition) is 2. The maximum Gasteiger partial charge on any atom is 0.224 e. The lowest BCUT2D eigenvalue weighted by Crippen LogP contribution is -2.37.